The van der Waals surface area contributed by atoms with Gasteiger partial charge in [-0.05, 0) is 18.8 Å². The average Bonchev–Trinajstić information content (AvgIpc) is 2.95. The Bertz CT molecular complexity index is 421. The minimum Gasteiger partial charge on any atom is -0.481 e. The molecule has 118 valence electrons. The first-order valence-electron chi connectivity index (χ1n) is 7.40. The molecule has 2 rings (SSSR count). The Kier molecular flexibility index (Phi) is 5.50. The molecule has 2 aliphatic heterocycles. The van der Waals surface area contributed by atoms with Gasteiger partial charge < -0.3 is 14.9 Å². The van der Waals surface area contributed by atoms with Gasteiger partial charge in [0.1, 0.15) is 6.04 Å². The average molecular weight is 314 g/mol. The van der Waals surface area contributed by atoms with E-state index in [1.54, 1.807) is 21.6 Å². The topological polar surface area (TPSA) is 77.9 Å². The van der Waals surface area contributed by atoms with Gasteiger partial charge in [0.2, 0.25) is 11.8 Å². The molecule has 0 saturated carbocycles. The number of piperidine rings is 1. The van der Waals surface area contributed by atoms with Gasteiger partial charge in [0.25, 0.3) is 0 Å². The van der Waals surface area contributed by atoms with Crippen LogP contribution in [0.15, 0.2) is 0 Å². The van der Waals surface area contributed by atoms with E-state index in [0.29, 0.717) is 31.1 Å². The lowest BCUT2D eigenvalue weighted by atomic mass is 9.93. The van der Waals surface area contributed by atoms with E-state index < -0.39 is 5.97 Å². The summed E-state index contributed by atoms with van der Waals surface area (Å²) in [4.78, 5) is 38.6. The Morgan fingerprint density at radius 3 is 2.48 bits per heavy atom. The van der Waals surface area contributed by atoms with Crippen molar-refractivity contribution in [3.05, 3.63) is 0 Å². The van der Waals surface area contributed by atoms with E-state index >= 15 is 0 Å². The Labute approximate surface area is 128 Å². The Morgan fingerprint density at radius 2 is 1.90 bits per heavy atom. The van der Waals surface area contributed by atoms with Crippen molar-refractivity contribution < 1.29 is 19.5 Å². The molecule has 0 aromatic heterocycles. The molecule has 2 aliphatic rings. The fraction of sp³-hybridized carbons (Fsp3) is 0.786. The molecule has 0 spiro atoms. The summed E-state index contributed by atoms with van der Waals surface area (Å²) in [6, 6.07) is -0.335. The van der Waals surface area contributed by atoms with Crippen LogP contribution in [0.2, 0.25) is 0 Å². The number of carbonyl (C=O) groups excluding carboxylic acids is 2. The highest BCUT2D eigenvalue weighted by atomic mass is 32.2. The maximum absolute atomic E-state index is 12.6. The van der Waals surface area contributed by atoms with Crippen molar-refractivity contribution in [2.45, 2.75) is 38.6 Å². The molecule has 1 unspecified atom stereocenters. The zero-order valence-corrected chi connectivity index (χ0v) is 13.1. The second kappa shape index (κ2) is 7.15. The molecule has 2 heterocycles. The monoisotopic (exact) mass is 314 g/mol. The number of rotatable bonds is 4. The molecule has 0 aromatic rings. The van der Waals surface area contributed by atoms with Gasteiger partial charge in [-0.3, -0.25) is 14.4 Å². The van der Waals surface area contributed by atoms with Crippen LogP contribution < -0.4 is 0 Å². The minimum atomic E-state index is -0.772. The highest BCUT2D eigenvalue weighted by molar-refractivity contribution is 7.99. The third-order valence-electron chi connectivity index (χ3n) is 4.18. The van der Waals surface area contributed by atoms with Crippen LogP contribution in [0.25, 0.3) is 0 Å². The number of hydrogen-bond acceptors (Lipinski definition) is 4. The van der Waals surface area contributed by atoms with E-state index in [2.05, 4.69) is 0 Å². The summed E-state index contributed by atoms with van der Waals surface area (Å²) in [6.07, 6.45) is 2.08. The van der Waals surface area contributed by atoms with Crippen molar-refractivity contribution in [1.82, 2.24) is 9.80 Å². The largest absolute Gasteiger partial charge is 0.481 e. The van der Waals surface area contributed by atoms with Gasteiger partial charge in [0.15, 0.2) is 0 Å². The predicted octanol–water partition coefficient (Wildman–Crippen LogP) is 1.01. The third kappa shape index (κ3) is 3.90. The number of aliphatic carboxylic acids is 1. The molecule has 0 aromatic carbocycles. The lowest BCUT2D eigenvalue weighted by Crippen LogP contribution is -2.51. The molecular formula is C14H22N2O4S. The van der Waals surface area contributed by atoms with Crippen LogP contribution in [-0.2, 0) is 14.4 Å². The van der Waals surface area contributed by atoms with Crippen LogP contribution in [0, 0.1) is 5.92 Å². The van der Waals surface area contributed by atoms with E-state index in [9.17, 15) is 14.4 Å². The zero-order chi connectivity index (χ0) is 15.4. The highest BCUT2D eigenvalue weighted by Crippen LogP contribution is 2.26. The maximum Gasteiger partial charge on any atom is 0.303 e. The van der Waals surface area contributed by atoms with Crippen LogP contribution >= 0.6 is 11.8 Å². The van der Waals surface area contributed by atoms with Crippen molar-refractivity contribution >= 4 is 29.5 Å². The van der Waals surface area contributed by atoms with Crippen LogP contribution in [-0.4, -0.2) is 63.5 Å². The fourth-order valence-electron chi connectivity index (χ4n) is 2.91. The Balaban J connectivity index is 1.89. The quantitative estimate of drug-likeness (QED) is 0.838. The molecule has 7 heteroatoms. The molecule has 1 atom stereocenters. The van der Waals surface area contributed by atoms with E-state index in [1.165, 1.54) is 0 Å². The van der Waals surface area contributed by atoms with E-state index in [1.807, 2.05) is 6.92 Å². The zero-order valence-electron chi connectivity index (χ0n) is 12.3. The lowest BCUT2D eigenvalue weighted by molar-refractivity contribution is -0.144. The smallest absolute Gasteiger partial charge is 0.303 e. The molecule has 6 nitrogen and oxygen atoms in total. The van der Waals surface area contributed by atoms with E-state index in [-0.39, 0.29) is 30.2 Å². The molecular weight excluding hydrogens is 292 g/mol. The molecule has 21 heavy (non-hydrogen) atoms. The minimum absolute atomic E-state index is 0.0237. The van der Waals surface area contributed by atoms with Gasteiger partial charge in [-0.25, -0.2) is 0 Å². The maximum atomic E-state index is 12.6. The Hall–Kier alpha value is -1.24. The summed E-state index contributed by atoms with van der Waals surface area (Å²) in [7, 11) is 0. The lowest BCUT2D eigenvalue weighted by Gasteiger charge is -2.34. The van der Waals surface area contributed by atoms with E-state index in [4.69, 9.17) is 5.11 Å². The number of nitrogens with zero attached hydrogens (tertiary/aromatic N) is 2. The number of thioether (sulfide) groups is 1. The van der Waals surface area contributed by atoms with Gasteiger partial charge >= 0.3 is 5.97 Å². The van der Waals surface area contributed by atoms with Gasteiger partial charge in [0.05, 0.1) is 5.88 Å². The molecule has 0 bridgehead atoms. The highest BCUT2D eigenvalue weighted by Gasteiger charge is 2.37. The predicted molar refractivity (Wildman–Crippen MR) is 79.8 cm³/mol. The molecule has 2 amide bonds. The summed E-state index contributed by atoms with van der Waals surface area (Å²) in [5.74, 6) is 0.706. The fourth-order valence-corrected chi connectivity index (χ4v) is 4.08. The van der Waals surface area contributed by atoms with Gasteiger partial charge in [-0.15, -0.1) is 11.8 Å². The van der Waals surface area contributed by atoms with Gasteiger partial charge in [-0.1, -0.05) is 6.92 Å². The second-order valence-corrected chi connectivity index (χ2v) is 6.60. The normalized spacial score (nSPS) is 23.4. The SMILES string of the molecule is CCC(=O)N1CSCC1C(=O)N1CCC(CC(=O)O)CC1. The van der Waals surface area contributed by atoms with Crippen LogP contribution in [0.1, 0.15) is 32.6 Å². The van der Waals surface area contributed by atoms with Crippen LogP contribution in [0.3, 0.4) is 0 Å². The summed E-state index contributed by atoms with van der Waals surface area (Å²) < 4.78 is 0. The van der Waals surface area contributed by atoms with Crippen molar-refractivity contribution in [3.63, 3.8) is 0 Å². The molecule has 0 radical (unpaired) electrons. The molecule has 0 aliphatic carbocycles. The summed E-state index contributed by atoms with van der Waals surface area (Å²) in [5.41, 5.74) is 0. The summed E-state index contributed by atoms with van der Waals surface area (Å²) >= 11 is 1.62. The first-order valence-corrected chi connectivity index (χ1v) is 8.56. The van der Waals surface area contributed by atoms with Crippen molar-refractivity contribution in [2.24, 2.45) is 5.92 Å². The number of amides is 2. The molecule has 1 N–H and O–H groups in total. The third-order valence-corrected chi connectivity index (χ3v) is 5.19. The number of likely N-dealkylation sites (tertiary alicyclic amines) is 1. The van der Waals surface area contributed by atoms with Crippen molar-refractivity contribution in [3.8, 4) is 0 Å². The molecule has 2 fully saturated rings. The number of carbonyl (C=O) groups is 3. The number of hydrogen-bond donors (Lipinski definition) is 1. The molecule has 2 saturated heterocycles. The number of carboxylic acids is 1. The standard InChI is InChI=1S/C14H22N2O4S/c1-2-12(17)16-9-21-8-11(16)14(20)15-5-3-10(4-6-15)7-13(18)19/h10-11H,2-9H2,1H3,(H,18,19). The summed E-state index contributed by atoms with van der Waals surface area (Å²) in [6.45, 7) is 3.02. The first kappa shape index (κ1) is 16.1. The van der Waals surface area contributed by atoms with Crippen molar-refractivity contribution in [1.29, 1.82) is 0 Å². The van der Waals surface area contributed by atoms with E-state index in [0.717, 1.165) is 12.8 Å². The Morgan fingerprint density at radius 1 is 1.24 bits per heavy atom. The second-order valence-electron chi connectivity index (χ2n) is 5.60. The van der Waals surface area contributed by atoms with Crippen LogP contribution in [0.4, 0.5) is 0 Å². The first-order chi connectivity index (χ1) is 10.0. The van der Waals surface area contributed by atoms with Crippen LogP contribution in [0.5, 0.6) is 0 Å². The van der Waals surface area contributed by atoms with Gasteiger partial charge in [-0.2, -0.15) is 0 Å². The van der Waals surface area contributed by atoms with Gasteiger partial charge in [0, 0.05) is 31.7 Å². The van der Waals surface area contributed by atoms with Crippen molar-refractivity contribution in [2.75, 3.05) is 24.7 Å². The summed E-state index contributed by atoms with van der Waals surface area (Å²) in [5, 5.41) is 8.81. The number of carboxylic acid groups (broad SMARTS) is 1.